The molecule has 3 aliphatic rings. The van der Waals surface area contributed by atoms with Crippen molar-refractivity contribution in [1.29, 1.82) is 0 Å². The molecular weight excluding hydrogens is 1050 g/mol. The van der Waals surface area contributed by atoms with Gasteiger partial charge in [0.1, 0.15) is 36.9 Å². The molecule has 22 heteroatoms. The number of carbonyl (C=O) groups excluding carboxylic acids is 4. The molecule has 4 aromatic heterocycles. The van der Waals surface area contributed by atoms with Crippen LogP contribution in [0.4, 0.5) is 19.2 Å². The number of pyridine rings is 2. The Morgan fingerprint density at radius 1 is 0.620 bits per heavy atom. The molecule has 9 rings (SSSR count). The molecule has 71 heavy (non-hydrogen) atoms. The van der Waals surface area contributed by atoms with Crippen molar-refractivity contribution in [3.63, 3.8) is 0 Å². The van der Waals surface area contributed by atoms with Crippen molar-refractivity contribution >= 4 is 67.9 Å². The van der Waals surface area contributed by atoms with Crippen LogP contribution in [-0.4, -0.2) is 112 Å². The molecule has 1 saturated carbocycles. The molecule has 2 aliphatic heterocycles. The van der Waals surface area contributed by atoms with Crippen LogP contribution < -0.4 is 0 Å². The number of fused-ring (bicyclic) bond motifs is 6. The molecule has 6 heterocycles. The summed E-state index contributed by atoms with van der Waals surface area (Å²) in [6, 6.07) is 20.3. The van der Waals surface area contributed by atoms with Gasteiger partial charge in [0.05, 0.1) is 61.6 Å². The molecule has 0 saturated heterocycles. The highest BCUT2D eigenvalue weighted by atomic mass is 79.9. The number of halogens is 2. The fourth-order valence-corrected chi connectivity index (χ4v) is 8.86. The van der Waals surface area contributed by atoms with E-state index >= 15 is 0 Å². The number of hydrogen-bond acceptors (Lipinski definition) is 18. The number of hydrogen-bond donors (Lipinski definition) is 0. The first-order chi connectivity index (χ1) is 34.4. The average Bonchev–Trinajstić information content (AvgIpc) is 3.91. The molecule has 1 fully saturated rings. The fourth-order valence-electron chi connectivity index (χ4n) is 8.13. The predicted molar refractivity (Wildman–Crippen MR) is 258 cm³/mol. The van der Waals surface area contributed by atoms with E-state index in [1.165, 1.54) is 14.2 Å². The minimum absolute atomic E-state index is 0.0620. The molecule has 2 aromatic carbocycles. The zero-order valence-electron chi connectivity index (χ0n) is 38.4. The van der Waals surface area contributed by atoms with Crippen molar-refractivity contribution < 1.29 is 57.1 Å². The predicted octanol–water partition coefficient (Wildman–Crippen LogP) is 9.20. The van der Waals surface area contributed by atoms with Gasteiger partial charge in [-0.05, 0) is 67.1 Å². The zero-order chi connectivity index (χ0) is 49.6. The highest BCUT2D eigenvalue weighted by Crippen LogP contribution is 2.42. The number of nitrogens with zero attached hydrogens (tertiary/aromatic N) is 8. The SMILES string of the molecule is COC(=O)OCCOC(=O)OCC[C@@H]1N=C(c2ccccn2)c2cc(Br)ccc2-n2c(Cc3ccc(C4=N[C@@H](CCOC(=O)OC5(OC(=O)OC)CC5)c5ncc(C)n5-c5ccc(Br)cc54)nc3)cnc21. The Hall–Kier alpha value is -7.46. The van der Waals surface area contributed by atoms with Gasteiger partial charge in [0.25, 0.3) is 5.79 Å². The van der Waals surface area contributed by atoms with Gasteiger partial charge in [-0.25, -0.2) is 29.1 Å². The van der Waals surface area contributed by atoms with Crippen LogP contribution in [0.2, 0.25) is 0 Å². The first-order valence-electron chi connectivity index (χ1n) is 22.3. The minimum atomic E-state index is -1.39. The lowest BCUT2D eigenvalue weighted by molar-refractivity contribution is -0.121. The lowest BCUT2D eigenvalue weighted by atomic mass is 10.0. The molecule has 1 aliphatic carbocycles. The smallest absolute Gasteiger partial charge is 0.438 e. The van der Waals surface area contributed by atoms with E-state index in [-0.39, 0.29) is 39.3 Å². The van der Waals surface area contributed by atoms with Crippen LogP contribution in [0.25, 0.3) is 11.4 Å². The lowest BCUT2D eigenvalue weighted by Gasteiger charge is -2.17. The number of rotatable bonds is 15. The number of carbonyl (C=O) groups is 4. The number of aliphatic imine (C=N–C) groups is 2. The Morgan fingerprint density at radius 3 is 1.80 bits per heavy atom. The fraction of sp³-hybridized carbons (Fsp3) is 0.306. The van der Waals surface area contributed by atoms with Gasteiger partial charge in [0.2, 0.25) is 0 Å². The standard InChI is InChI=1S/C49H44Br2N8O12/c1-28-25-54-43-37(14-19-67-48(63)71-49(15-16-49)70-46(61)65-3)56-42(33-23-30(50)8-11-39(33)58(28)43)36-10-7-29(26-53-36)22-32-27-55-44-38(13-18-66-47(62)69-21-20-68-45(60)64-2)57-41(35-6-4-5-17-52-35)34-24-31(51)9-12-40(34)59(32)44/h4-12,17,23-27,37-38H,13-16,18-22H2,1-3H3/t37-,38-/m0/s1. The molecule has 0 unspecified atom stereocenters. The number of aromatic nitrogens is 6. The number of benzene rings is 2. The third-order valence-corrected chi connectivity index (χ3v) is 12.5. The van der Waals surface area contributed by atoms with E-state index in [9.17, 15) is 19.2 Å². The minimum Gasteiger partial charge on any atom is -0.438 e. The van der Waals surface area contributed by atoms with Gasteiger partial charge in [-0.15, -0.1) is 0 Å². The van der Waals surface area contributed by atoms with Crippen LogP contribution in [0.15, 0.2) is 110 Å². The second-order valence-electron chi connectivity index (χ2n) is 16.3. The summed E-state index contributed by atoms with van der Waals surface area (Å²) in [5, 5.41) is 0. The molecule has 0 amide bonds. The van der Waals surface area contributed by atoms with E-state index in [0.29, 0.717) is 53.7 Å². The van der Waals surface area contributed by atoms with Crippen LogP contribution in [0, 0.1) is 6.92 Å². The second kappa shape index (κ2) is 21.3. The summed E-state index contributed by atoms with van der Waals surface area (Å²) >= 11 is 7.33. The van der Waals surface area contributed by atoms with Crippen LogP contribution in [0.5, 0.6) is 0 Å². The van der Waals surface area contributed by atoms with Crippen LogP contribution in [-0.2, 0) is 44.3 Å². The maximum absolute atomic E-state index is 12.8. The third kappa shape index (κ3) is 11.0. The molecule has 0 bridgehead atoms. The van der Waals surface area contributed by atoms with Crippen LogP contribution in [0.3, 0.4) is 0 Å². The lowest BCUT2D eigenvalue weighted by Crippen LogP contribution is -2.27. The van der Waals surface area contributed by atoms with Crippen LogP contribution >= 0.6 is 31.9 Å². The van der Waals surface area contributed by atoms with E-state index in [0.717, 1.165) is 48.4 Å². The molecular formula is C49H44Br2N8O12. The summed E-state index contributed by atoms with van der Waals surface area (Å²) in [4.78, 5) is 78.1. The van der Waals surface area contributed by atoms with Crippen molar-refractivity contribution in [1.82, 2.24) is 29.1 Å². The van der Waals surface area contributed by atoms with Crippen molar-refractivity contribution in [2.24, 2.45) is 9.98 Å². The molecule has 0 radical (unpaired) electrons. The van der Waals surface area contributed by atoms with Gasteiger partial charge >= 0.3 is 24.6 Å². The van der Waals surface area contributed by atoms with Crippen molar-refractivity contribution in [2.75, 3.05) is 40.6 Å². The van der Waals surface area contributed by atoms with E-state index < -0.39 is 42.5 Å². The molecule has 0 spiro atoms. The van der Waals surface area contributed by atoms with Gasteiger partial charge in [0.15, 0.2) is 0 Å². The van der Waals surface area contributed by atoms with Gasteiger partial charge in [0, 0.05) is 88.4 Å². The van der Waals surface area contributed by atoms with Crippen molar-refractivity contribution in [2.45, 2.75) is 56.9 Å². The number of ether oxygens (including phenoxy) is 8. The number of aryl methyl sites for hydroxylation is 1. The normalized spacial score (nSPS) is 15.9. The Labute approximate surface area is 422 Å². The summed E-state index contributed by atoms with van der Waals surface area (Å²) in [7, 11) is 2.35. The quantitative estimate of drug-likeness (QED) is 0.0404. The zero-order valence-corrected chi connectivity index (χ0v) is 41.6. The highest BCUT2D eigenvalue weighted by Gasteiger charge is 2.52. The molecule has 0 N–H and O–H groups in total. The third-order valence-electron chi connectivity index (χ3n) is 11.5. The Kier molecular flexibility index (Phi) is 14.5. The number of imidazole rings is 2. The van der Waals surface area contributed by atoms with Gasteiger partial charge in [-0.3, -0.25) is 29.1 Å². The number of methoxy groups -OCH3 is 2. The largest absolute Gasteiger partial charge is 0.511 e. The maximum Gasteiger partial charge on any atom is 0.511 e. The van der Waals surface area contributed by atoms with Gasteiger partial charge in [-0.1, -0.05) is 44.0 Å². The van der Waals surface area contributed by atoms with E-state index in [1.54, 1.807) is 12.4 Å². The maximum atomic E-state index is 12.8. The molecule has 20 nitrogen and oxygen atoms in total. The Balaban J connectivity index is 0.987. The summed E-state index contributed by atoms with van der Waals surface area (Å²) in [6.45, 7) is 1.41. The first-order valence-corrected chi connectivity index (χ1v) is 23.9. The molecule has 2 atom stereocenters. The summed E-state index contributed by atoms with van der Waals surface area (Å²) in [5.74, 6) is -0.118. The topological polar surface area (TPSA) is 228 Å². The van der Waals surface area contributed by atoms with E-state index in [2.05, 4.69) is 50.9 Å². The first kappa shape index (κ1) is 48.6. The molecule has 6 aromatic rings. The van der Waals surface area contributed by atoms with Crippen LogP contribution in [0.1, 0.15) is 88.9 Å². The van der Waals surface area contributed by atoms with E-state index in [1.807, 2.05) is 90.6 Å². The van der Waals surface area contributed by atoms with Crippen molar-refractivity contribution in [3.05, 3.63) is 152 Å². The second-order valence-corrected chi connectivity index (χ2v) is 18.1. The Morgan fingerprint density at radius 2 is 1.20 bits per heavy atom. The van der Waals surface area contributed by atoms with E-state index in [4.69, 9.17) is 53.4 Å². The Bertz CT molecular complexity index is 3050. The molecule has 366 valence electrons. The summed E-state index contributed by atoms with van der Waals surface area (Å²) in [5.41, 5.74) is 8.38. The monoisotopic (exact) mass is 1090 g/mol. The van der Waals surface area contributed by atoms with Gasteiger partial charge in [-0.2, -0.15) is 0 Å². The summed E-state index contributed by atoms with van der Waals surface area (Å²) in [6.07, 6.45) is 4.93. The summed E-state index contributed by atoms with van der Waals surface area (Å²) < 4.78 is 46.0. The van der Waals surface area contributed by atoms with Crippen molar-refractivity contribution in [3.8, 4) is 11.4 Å². The van der Waals surface area contributed by atoms with Gasteiger partial charge < -0.3 is 37.9 Å². The average molecular weight is 1100 g/mol. The highest BCUT2D eigenvalue weighted by molar-refractivity contribution is 9.10.